The summed E-state index contributed by atoms with van der Waals surface area (Å²) in [6.07, 6.45) is 31.5. The minimum absolute atomic E-state index is 0.0237. The standard InChI is InChI=1S/C43H70NO10P/c1-5-7-8-9-16-21-27-38(45)28-22-17-12-10-11-13-20-25-31-43(47)53-39(35-52-55(48,49)51-33-32-44)34-50-42(46)30-24-19-15-14-18-23-29-41-37(4)36(3)40(54-41)26-6-2/h7-8,11-13,16-17,21-22,28,38-39,45H,5-6,9-10,14-15,18-20,23-27,29-35,44H2,1-4H3,(H,48,49)/b8-7-,13-11-,17-12-,21-16-,28-22+/t38?,39-/m1/s1. The molecule has 55 heavy (non-hydrogen) atoms. The van der Waals surface area contributed by atoms with Crippen molar-refractivity contribution in [2.24, 2.45) is 5.73 Å². The molecule has 2 unspecified atom stereocenters. The maximum absolute atomic E-state index is 12.6. The number of aryl methyl sites for hydroxylation is 2. The number of esters is 2. The van der Waals surface area contributed by atoms with Crippen molar-refractivity contribution in [3.8, 4) is 0 Å². The summed E-state index contributed by atoms with van der Waals surface area (Å²) in [5.41, 5.74) is 7.89. The van der Waals surface area contributed by atoms with Gasteiger partial charge in [-0.2, -0.15) is 0 Å². The summed E-state index contributed by atoms with van der Waals surface area (Å²) < 4.78 is 38.8. The number of carbonyl (C=O) groups excluding carboxylic acids is 2. The number of aliphatic hydroxyl groups is 1. The minimum Gasteiger partial charge on any atom is -0.466 e. The second kappa shape index (κ2) is 32.1. The van der Waals surface area contributed by atoms with Gasteiger partial charge in [0.25, 0.3) is 0 Å². The monoisotopic (exact) mass is 791 g/mol. The van der Waals surface area contributed by atoms with Gasteiger partial charge < -0.3 is 29.6 Å². The summed E-state index contributed by atoms with van der Waals surface area (Å²) >= 11 is 0. The zero-order valence-electron chi connectivity index (χ0n) is 34.0. The fraction of sp³-hybridized carbons (Fsp3) is 0.628. The number of hydrogen-bond acceptors (Lipinski definition) is 10. The van der Waals surface area contributed by atoms with E-state index in [0.29, 0.717) is 32.1 Å². The third-order valence-corrected chi connectivity index (χ3v) is 9.66. The fourth-order valence-electron chi connectivity index (χ4n) is 5.45. The minimum atomic E-state index is -4.42. The number of allylic oxidation sites excluding steroid dienone is 8. The molecule has 0 aliphatic rings. The van der Waals surface area contributed by atoms with E-state index in [1.807, 2.05) is 42.5 Å². The second-order valence-electron chi connectivity index (χ2n) is 13.6. The highest BCUT2D eigenvalue weighted by molar-refractivity contribution is 7.47. The predicted molar refractivity (Wildman–Crippen MR) is 220 cm³/mol. The Labute approximate surface area is 330 Å². The van der Waals surface area contributed by atoms with Gasteiger partial charge in [0.05, 0.1) is 19.3 Å². The summed E-state index contributed by atoms with van der Waals surface area (Å²) in [7, 11) is -4.42. The van der Waals surface area contributed by atoms with Gasteiger partial charge >= 0.3 is 19.8 Å². The van der Waals surface area contributed by atoms with E-state index in [1.165, 1.54) is 11.1 Å². The first-order valence-electron chi connectivity index (χ1n) is 20.2. The van der Waals surface area contributed by atoms with Crippen LogP contribution in [-0.2, 0) is 45.5 Å². The first-order valence-corrected chi connectivity index (χ1v) is 21.7. The number of furan rings is 1. The van der Waals surface area contributed by atoms with Crippen molar-refractivity contribution < 1.29 is 47.1 Å². The third-order valence-electron chi connectivity index (χ3n) is 8.67. The van der Waals surface area contributed by atoms with E-state index in [1.54, 1.807) is 6.08 Å². The number of unbranched alkanes of at least 4 members (excludes halogenated alkanes) is 6. The van der Waals surface area contributed by atoms with Crippen molar-refractivity contribution in [3.05, 3.63) is 83.4 Å². The number of carbonyl (C=O) groups is 2. The van der Waals surface area contributed by atoms with Crippen LogP contribution < -0.4 is 5.73 Å². The largest absolute Gasteiger partial charge is 0.472 e. The zero-order valence-corrected chi connectivity index (χ0v) is 34.9. The third kappa shape index (κ3) is 26.4. The van der Waals surface area contributed by atoms with Gasteiger partial charge in [0.2, 0.25) is 0 Å². The fourth-order valence-corrected chi connectivity index (χ4v) is 6.21. The Balaban J connectivity index is 2.37. The van der Waals surface area contributed by atoms with Crippen molar-refractivity contribution in [1.82, 2.24) is 0 Å². The molecule has 1 rings (SSSR count). The molecule has 0 bridgehead atoms. The molecule has 0 fully saturated rings. The normalized spacial score (nSPS) is 14.5. The summed E-state index contributed by atoms with van der Waals surface area (Å²) in [6, 6.07) is 0. The van der Waals surface area contributed by atoms with E-state index in [2.05, 4.69) is 39.8 Å². The SMILES string of the molecule is CC/C=C\C/C=C\CC(O)/C=C/C=C\C/C=C\CCCC(=O)O[C@H](COC(=O)CCCCCCCCc1oc(CCC)c(C)c1C)COP(=O)(O)OCCN. The molecular weight excluding hydrogens is 721 g/mol. The number of rotatable bonds is 33. The smallest absolute Gasteiger partial charge is 0.466 e. The van der Waals surface area contributed by atoms with Crippen molar-refractivity contribution in [3.63, 3.8) is 0 Å². The molecule has 12 heteroatoms. The van der Waals surface area contributed by atoms with Crippen LogP contribution in [0.4, 0.5) is 0 Å². The van der Waals surface area contributed by atoms with Gasteiger partial charge in [0.15, 0.2) is 6.10 Å². The van der Waals surface area contributed by atoms with Gasteiger partial charge in [-0.05, 0) is 82.8 Å². The second-order valence-corrected chi connectivity index (χ2v) is 15.0. The molecule has 0 amide bonds. The van der Waals surface area contributed by atoms with Crippen LogP contribution in [-0.4, -0.2) is 60.5 Å². The van der Waals surface area contributed by atoms with Gasteiger partial charge in [0.1, 0.15) is 18.1 Å². The van der Waals surface area contributed by atoms with E-state index < -0.39 is 38.6 Å². The average molecular weight is 792 g/mol. The Hall–Kier alpha value is -3.05. The summed E-state index contributed by atoms with van der Waals surface area (Å²) in [4.78, 5) is 34.9. The van der Waals surface area contributed by atoms with Crippen LogP contribution in [0.3, 0.4) is 0 Å². The Morgan fingerprint density at radius 3 is 2.16 bits per heavy atom. The van der Waals surface area contributed by atoms with Crippen molar-refractivity contribution in [2.45, 2.75) is 149 Å². The highest BCUT2D eigenvalue weighted by Gasteiger charge is 2.26. The van der Waals surface area contributed by atoms with Gasteiger partial charge in [-0.25, -0.2) is 4.57 Å². The Bertz CT molecular complexity index is 1380. The molecule has 1 aromatic heterocycles. The maximum atomic E-state index is 12.6. The molecule has 1 heterocycles. The molecule has 1 aromatic rings. The number of nitrogens with two attached hydrogens (primary N) is 1. The molecule has 0 spiro atoms. The Kier molecular flexibility index (Phi) is 29.1. The van der Waals surface area contributed by atoms with Crippen LogP contribution in [0, 0.1) is 13.8 Å². The van der Waals surface area contributed by atoms with Crippen LogP contribution in [0.1, 0.15) is 133 Å². The van der Waals surface area contributed by atoms with Gasteiger partial charge in [-0.15, -0.1) is 0 Å². The number of aliphatic hydroxyl groups excluding tert-OH is 1. The molecule has 4 N–H and O–H groups in total. The molecule has 0 saturated heterocycles. The van der Waals surface area contributed by atoms with E-state index in [4.69, 9.17) is 28.7 Å². The molecule has 0 aromatic carbocycles. The number of phosphoric ester groups is 1. The lowest BCUT2D eigenvalue weighted by Crippen LogP contribution is -2.29. The van der Waals surface area contributed by atoms with Crippen LogP contribution in [0.15, 0.2) is 65.2 Å². The number of phosphoric acid groups is 1. The number of ether oxygens (including phenoxy) is 2. The molecule has 0 radical (unpaired) electrons. The van der Waals surface area contributed by atoms with Crippen molar-refractivity contribution >= 4 is 19.8 Å². The zero-order chi connectivity index (χ0) is 40.6. The molecule has 0 saturated carbocycles. The van der Waals surface area contributed by atoms with Crippen LogP contribution in [0.5, 0.6) is 0 Å². The van der Waals surface area contributed by atoms with E-state index in [0.717, 1.165) is 75.7 Å². The molecule has 0 aliphatic carbocycles. The van der Waals surface area contributed by atoms with Crippen LogP contribution in [0.25, 0.3) is 0 Å². The summed E-state index contributed by atoms with van der Waals surface area (Å²) in [5.74, 6) is 1.24. The van der Waals surface area contributed by atoms with Crippen LogP contribution >= 0.6 is 7.82 Å². The van der Waals surface area contributed by atoms with Gasteiger partial charge in [-0.1, -0.05) is 100 Å². The highest BCUT2D eigenvalue weighted by Crippen LogP contribution is 2.43. The lowest BCUT2D eigenvalue weighted by molar-refractivity contribution is -0.161. The van der Waals surface area contributed by atoms with E-state index in [9.17, 15) is 24.2 Å². The maximum Gasteiger partial charge on any atom is 0.472 e. The summed E-state index contributed by atoms with van der Waals surface area (Å²) in [6.45, 7) is 7.58. The molecule has 312 valence electrons. The lowest BCUT2D eigenvalue weighted by Gasteiger charge is -2.19. The first-order chi connectivity index (χ1) is 26.5. The highest BCUT2D eigenvalue weighted by atomic mass is 31.2. The summed E-state index contributed by atoms with van der Waals surface area (Å²) in [5, 5.41) is 10.0. The van der Waals surface area contributed by atoms with E-state index in [-0.39, 0.29) is 32.6 Å². The molecule has 3 atom stereocenters. The molecular formula is C43H70NO10P. The molecule has 0 aliphatic heterocycles. The van der Waals surface area contributed by atoms with Crippen LogP contribution in [0.2, 0.25) is 0 Å². The average Bonchev–Trinajstić information content (AvgIpc) is 3.42. The van der Waals surface area contributed by atoms with Gasteiger partial charge in [0, 0.05) is 32.2 Å². The van der Waals surface area contributed by atoms with Gasteiger partial charge in [-0.3, -0.25) is 18.6 Å². The quantitative estimate of drug-likeness (QED) is 0.0204. The predicted octanol–water partition coefficient (Wildman–Crippen LogP) is 9.56. The Morgan fingerprint density at radius 2 is 1.44 bits per heavy atom. The topological polar surface area (TPSA) is 168 Å². The lowest BCUT2D eigenvalue weighted by atomic mass is 10.0. The van der Waals surface area contributed by atoms with E-state index >= 15 is 0 Å². The number of hydrogen-bond donors (Lipinski definition) is 3. The van der Waals surface area contributed by atoms with Crippen molar-refractivity contribution in [2.75, 3.05) is 26.4 Å². The first kappa shape index (κ1) is 50.0. The Morgan fingerprint density at radius 1 is 0.782 bits per heavy atom. The molecule has 11 nitrogen and oxygen atoms in total. The van der Waals surface area contributed by atoms with Crippen molar-refractivity contribution in [1.29, 1.82) is 0 Å².